The van der Waals surface area contributed by atoms with Crippen LogP contribution in [0.1, 0.15) is 0 Å². The molecule has 2 nitrogen and oxygen atoms in total. The summed E-state index contributed by atoms with van der Waals surface area (Å²) < 4.78 is 0. The second-order valence-electron chi connectivity index (χ2n) is 2.97. The number of thioether (sulfide) groups is 1. The van der Waals surface area contributed by atoms with Crippen LogP contribution < -0.4 is 11.1 Å². The molecular weight excluding hydrogens is 168 g/mol. The SMILES string of the molecule is Nc1ccc(SC2CNC2)cc1. The maximum atomic E-state index is 5.58. The molecule has 1 saturated heterocycles. The minimum absolute atomic E-state index is 0.758. The largest absolute Gasteiger partial charge is 0.399 e. The number of nitrogens with two attached hydrogens (primary N) is 1. The Labute approximate surface area is 76.5 Å². The molecule has 64 valence electrons. The van der Waals surface area contributed by atoms with Crippen LogP contribution in [-0.2, 0) is 0 Å². The molecule has 1 aliphatic rings. The monoisotopic (exact) mass is 180 g/mol. The van der Waals surface area contributed by atoms with E-state index in [-0.39, 0.29) is 0 Å². The molecular formula is C9H12N2S. The molecule has 1 aliphatic heterocycles. The first-order valence-corrected chi connectivity index (χ1v) is 4.95. The summed E-state index contributed by atoms with van der Waals surface area (Å²) in [5, 5.41) is 4.01. The summed E-state index contributed by atoms with van der Waals surface area (Å²) in [4.78, 5) is 1.32. The Kier molecular flexibility index (Phi) is 2.23. The molecule has 0 spiro atoms. The number of rotatable bonds is 2. The van der Waals surface area contributed by atoms with Gasteiger partial charge in [-0.05, 0) is 24.3 Å². The highest BCUT2D eigenvalue weighted by atomic mass is 32.2. The van der Waals surface area contributed by atoms with Gasteiger partial charge in [-0.15, -0.1) is 11.8 Å². The number of nitrogens with one attached hydrogen (secondary N) is 1. The maximum Gasteiger partial charge on any atom is 0.0344 e. The minimum atomic E-state index is 0.758. The van der Waals surface area contributed by atoms with E-state index in [2.05, 4.69) is 17.4 Å². The summed E-state index contributed by atoms with van der Waals surface area (Å²) in [7, 11) is 0. The smallest absolute Gasteiger partial charge is 0.0344 e. The lowest BCUT2D eigenvalue weighted by Gasteiger charge is -2.26. The van der Waals surface area contributed by atoms with E-state index in [0.29, 0.717) is 0 Å². The van der Waals surface area contributed by atoms with Gasteiger partial charge in [0.1, 0.15) is 0 Å². The van der Waals surface area contributed by atoms with Crippen LogP contribution in [0.15, 0.2) is 29.2 Å². The molecule has 0 amide bonds. The summed E-state index contributed by atoms with van der Waals surface area (Å²) in [6.45, 7) is 2.27. The lowest BCUT2D eigenvalue weighted by Crippen LogP contribution is -2.44. The summed E-state index contributed by atoms with van der Waals surface area (Å²) >= 11 is 1.92. The Balaban J connectivity index is 1.98. The van der Waals surface area contributed by atoms with Crippen molar-refractivity contribution in [1.29, 1.82) is 0 Å². The summed E-state index contributed by atoms with van der Waals surface area (Å²) in [6, 6.07) is 8.07. The van der Waals surface area contributed by atoms with E-state index in [1.54, 1.807) is 0 Å². The maximum absolute atomic E-state index is 5.58. The number of hydrogen-bond donors (Lipinski definition) is 2. The summed E-state index contributed by atoms with van der Waals surface area (Å²) in [5.74, 6) is 0. The van der Waals surface area contributed by atoms with E-state index >= 15 is 0 Å². The second kappa shape index (κ2) is 3.37. The number of benzene rings is 1. The number of nitrogen functional groups attached to an aromatic ring is 1. The molecule has 1 aromatic carbocycles. The van der Waals surface area contributed by atoms with Crippen LogP contribution >= 0.6 is 11.8 Å². The lowest BCUT2D eigenvalue weighted by molar-refractivity contribution is 0.544. The van der Waals surface area contributed by atoms with Gasteiger partial charge in [-0.25, -0.2) is 0 Å². The van der Waals surface area contributed by atoms with Gasteiger partial charge in [0.25, 0.3) is 0 Å². The fraction of sp³-hybridized carbons (Fsp3) is 0.333. The highest BCUT2D eigenvalue weighted by Crippen LogP contribution is 2.25. The zero-order chi connectivity index (χ0) is 8.39. The molecule has 0 aromatic heterocycles. The zero-order valence-corrected chi connectivity index (χ0v) is 7.60. The molecule has 12 heavy (non-hydrogen) atoms. The fourth-order valence-corrected chi connectivity index (χ4v) is 2.16. The molecule has 1 heterocycles. The third kappa shape index (κ3) is 1.73. The Morgan fingerprint density at radius 2 is 1.92 bits per heavy atom. The predicted molar refractivity (Wildman–Crippen MR) is 53.4 cm³/mol. The molecule has 0 aliphatic carbocycles. The minimum Gasteiger partial charge on any atom is -0.399 e. The van der Waals surface area contributed by atoms with Gasteiger partial charge in [-0.3, -0.25) is 0 Å². The van der Waals surface area contributed by atoms with Crippen LogP contribution in [-0.4, -0.2) is 18.3 Å². The average Bonchev–Trinajstić information content (AvgIpc) is 2.00. The van der Waals surface area contributed by atoms with Crippen LogP contribution in [0.5, 0.6) is 0 Å². The Bertz CT molecular complexity index is 254. The van der Waals surface area contributed by atoms with Gasteiger partial charge in [-0.1, -0.05) is 0 Å². The van der Waals surface area contributed by atoms with Crippen molar-refractivity contribution in [1.82, 2.24) is 5.32 Å². The highest BCUT2D eigenvalue weighted by molar-refractivity contribution is 8.00. The van der Waals surface area contributed by atoms with Crippen molar-refractivity contribution >= 4 is 17.4 Å². The highest BCUT2D eigenvalue weighted by Gasteiger charge is 2.17. The normalized spacial score (nSPS) is 17.3. The molecule has 3 heteroatoms. The standard InChI is InChI=1S/C9H12N2S/c10-7-1-3-8(4-2-7)12-9-5-11-6-9/h1-4,9,11H,5-6,10H2. The van der Waals surface area contributed by atoms with E-state index in [0.717, 1.165) is 24.0 Å². The number of anilines is 1. The van der Waals surface area contributed by atoms with Crippen molar-refractivity contribution in [3.05, 3.63) is 24.3 Å². The van der Waals surface area contributed by atoms with Gasteiger partial charge >= 0.3 is 0 Å². The lowest BCUT2D eigenvalue weighted by atomic mass is 10.3. The van der Waals surface area contributed by atoms with Crippen molar-refractivity contribution in [2.45, 2.75) is 10.1 Å². The van der Waals surface area contributed by atoms with E-state index in [4.69, 9.17) is 5.73 Å². The van der Waals surface area contributed by atoms with Crippen LogP contribution in [0.3, 0.4) is 0 Å². The van der Waals surface area contributed by atoms with Gasteiger partial charge in [0, 0.05) is 28.9 Å². The molecule has 0 saturated carbocycles. The molecule has 0 radical (unpaired) electrons. The van der Waals surface area contributed by atoms with Gasteiger partial charge in [0.15, 0.2) is 0 Å². The van der Waals surface area contributed by atoms with E-state index in [1.807, 2.05) is 23.9 Å². The molecule has 0 unspecified atom stereocenters. The van der Waals surface area contributed by atoms with Crippen LogP contribution in [0.2, 0.25) is 0 Å². The van der Waals surface area contributed by atoms with E-state index in [9.17, 15) is 0 Å². The summed E-state index contributed by atoms with van der Waals surface area (Å²) in [5.41, 5.74) is 6.42. The van der Waals surface area contributed by atoms with Crippen molar-refractivity contribution in [3.63, 3.8) is 0 Å². The van der Waals surface area contributed by atoms with Gasteiger partial charge in [0.2, 0.25) is 0 Å². The van der Waals surface area contributed by atoms with Crippen LogP contribution in [0.25, 0.3) is 0 Å². The first-order valence-electron chi connectivity index (χ1n) is 4.07. The topological polar surface area (TPSA) is 38.0 Å². The number of hydrogen-bond acceptors (Lipinski definition) is 3. The predicted octanol–water partition coefficient (Wildman–Crippen LogP) is 1.33. The zero-order valence-electron chi connectivity index (χ0n) is 6.79. The van der Waals surface area contributed by atoms with Crippen molar-refractivity contribution in [2.75, 3.05) is 18.8 Å². The summed E-state index contributed by atoms with van der Waals surface area (Å²) in [6.07, 6.45) is 0. The fourth-order valence-electron chi connectivity index (χ4n) is 1.08. The van der Waals surface area contributed by atoms with Crippen LogP contribution in [0, 0.1) is 0 Å². The van der Waals surface area contributed by atoms with E-state index in [1.165, 1.54) is 4.90 Å². The van der Waals surface area contributed by atoms with Crippen molar-refractivity contribution < 1.29 is 0 Å². The van der Waals surface area contributed by atoms with Gasteiger partial charge < -0.3 is 11.1 Å². The van der Waals surface area contributed by atoms with Gasteiger partial charge in [0.05, 0.1) is 0 Å². The third-order valence-electron chi connectivity index (χ3n) is 1.93. The van der Waals surface area contributed by atoms with Crippen molar-refractivity contribution in [2.24, 2.45) is 0 Å². The second-order valence-corrected chi connectivity index (χ2v) is 4.34. The van der Waals surface area contributed by atoms with Gasteiger partial charge in [-0.2, -0.15) is 0 Å². The average molecular weight is 180 g/mol. The molecule has 2 rings (SSSR count). The third-order valence-corrected chi connectivity index (χ3v) is 3.14. The molecule has 0 bridgehead atoms. The van der Waals surface area contributed by atoms with E-state index < -0.39 is 0 Å². The first kappa shape index (κ1) is 7.95. The molecule has 1 aromatic rings. The Hall–Kier alpha value is -0.670. The van der Waals surface area contributed by atoms with Crippen LogP contribution in [0.4, 0.5) is 5.69 Å². The first-order chi connectivity index (χ1) is 5.84. The Morgan fingerprint density at radius 1 is 1.25 bits per heavy atom. The molecule has 1 fully saturated rings. The van der Waals surface area contributed by atoms with Crippen molar-refractivity contribution in [3.8, 4) is 0 Å². The quantitative estimate of drug-likeness (QED) is 0.674. The Morgan fingerprint density at radius 3 is 2.42 bits per heavy atom. The molecule has 0 atom stereocenters. The molecule has 3 N–H and O–H groups in total.